The van der Waals surface area contributed by atoms with Gasteiger partial charge in [0.2, 0.25) is 5.91 Å². The number of hydrogen-bond acceptors (Lipinski definition) is 4. The Balaban J connectivity index is 1.97. The molecule has 3 aliphatic rings. The van der Waals surface area contributed by atoms with Gasteiger partial charge in [0.15, 0.2) is 11.5 Å². The van der Waals surface area contributed by atoms with Crippen LogP contribution >= 0.6 is 15.9 Å². The van der Waals surface area contributed by atoms with Crippen molar-refractivity contribution in [3.63, 3.8) is 0 Å². The third kappa shape index (κ3) is 2.12. The van der Waals surface area contributed by atoms with Gasteiger partial charge in [-0.05, 0) is 30.9 Å². The van der Waals surface area contributed by atoms with Crippen LogP contribution < -0.4 is 15.2 Å². The molecule has 0 aromatic heterocycles. The molecule has 1 aromatic rings. The number of rotatable bonds is 2. The number of carbonyl (C=O) groups is 1. The van der Waals surface area contributed by atoms with Crippen molar-refractivity contribution in [3.05, 3.63) is 33.8 Å². The zero-order valence-corrected chi connectivity index (χ0v) is 15.0. The van der Waals surface area contributed by atoms with Crippen LogP contribution in [-0.2, 0) is 16.6 Å². The molecule has 0 saturated heterocycles. The van der Waals surface area contributed by atoms with Gasteiger partial charge in [0.25, 0.3) is 0 Å². The van der Waals surface area contributed by atoms with Crippen molar-refractivity contribution >= 4 is 21.8 Å². The highest BCUT2D eigenvalue weighted by Crippen LogP contribution is 2.58. The minimum absolute atomic E-state index is 0.152. The van der Waals surface area contributed by atoms with Crippen LogP contribution in [0, 0.1) is 5.92 Å². The Bertz CT molecular complexity index is 747. The van der Waals surface area contributed by atoms with E-state index in [1.165, 1.54) is 0 Å². The Hall–Kier alpha value is -1.53. The van der Waals surface area contributed by atoms with Crippen LogP contribution in [0.5, 0.6) is 11.5 Å². The third-order valence-corrected chi connectivity index (χ3v) is 6.36. The highest BCUT2D eigenvalue weighted by atomic mass is 79.9. The molecule has 0 fully saturated rings. The Morgan fingerprint density at radius 2 is 2.33 bits per heavy atom. The standard InChI is InChI=1S/C18H20BrNO4/c1-23-13-8-12(19)11-6-9(17(20)22)2-4-18-5-3-10(21)7-14(18)24-16(13)15(11)18/h3,5,8-10,14,21H,2,4,6-7H2,1H3,(H2,20,22)/t9-,10-,14-,18+/m1/s1. The number of carbonyl (C=O) groups excluding carboxylic acids is 1. The molecule has 1 aliphatic heterocycles. The lowest BCUT2D eigenvalue weighted by molar-refractivity contribution is -0.122. The van der Waals surface area contributed by atoms with Gasteiger partial charge in [-0.15, -0.1) is 0 Å². The Morgan fingerprint density at radius 3 is 3.04 bits per heavy atom. The minimum atomic E-state index is -0.511. The lowest BCUT2D eigenvalue weighted by Crippen LogP contribution is -2.42. The summed E-state index contributed by atoms with van der Waals surface area (Å²) in [6.07, 6.45) is 5.85. The Morgan fingerprint density at radius 1 is 1.54 bits per heavy atom. The number of aliphatic hydroxyl groups is 1. The first kappa shape index (κ1) is 16.0. The minimum Gasteiger partial charge on any atom is -0.493 e. The lowest BCUT2D eigenvalue weighted by atomic mass is 9.69. The largest absolute Gasteiger partial charge is 0.493 e. The number of methoxy groups -OCH3 is 1. The van der Waals surface area contributed by atoms with Crippen molar-refractivity contribution in [2.45, 2.75) is 43.3 Å². The van der Waals surface area contributed by atoms with Crippen LogP contribution in [0.2, 0.25) is 0 Å². The predicted octanol–water partition coefficient (Wildman–Crippen LogP) is 2.22. The summed E-state index contributed by atoms with van der Waals surface area (Å²) in [5, 5.41) is 10.0. The van der Waals surface area contributed by atoms with E-state index in [4.69, 9.17) is 15.2 Å². The second-order valence-corrected chi connectivity index (χ2v) is 7.75. The van der Waals surface area contributed by atoms with Gasteiger partial charge in [0.05, 0.1) is 18.6 Å². The van der Waals surface area contributed by atoms with Crippen molar-refractivity contribution in [1.82, 2.24) is 0 Å². The summed E-state index contributed by atoms with van der Waals surface area (Å²) in [7, 11) is 1.62. The molecule has 1 heterocycles. The molecule has 128 valence electrons. The summed E-state index contributed by atoms with van der Waals surface area (Å²) in [5.41, 5.74) is 7.45. The second-order valence-electron chi connectivity index (χ2n) is 6.89. The van der Waals surface area contributed by atoms with Crippen LogP contribution in [0.4, 0.5) is 0 Å². The maximum Gasteiger partial charge on any atom is 0.220 e. The van der Waals surface area contributed by atoms with Crippen molar-refractivity contribution in [1.29, 1.82) is 0 Å². The molecule has 0 radical (unpaired) electrons. The highest BCUT2D eigenvalue weighted by molar-refractivity contribution is 9.10. The molecule has 24 heavy (non-hydrogen) atoms. The van der Waals surface area contributed by atoms with E-state index in [0.29, 0.717) is 25.0 Å². The normalized spacial score (nSPS) is 33.2. The average Bonchev–Trinajstić information content (AvgIpc) is 2.76. The molecular formula is C18H20BrNO4. The van der Waals surface area contributed by atoms with Gasteiger partial charge in [-0.2, -0.15) is 0 Å². The molecule has 4 atom stereocenters. The molecular weight excluding hydrogens is 374 g/mol. The molecule has 0 saturated carbocycles. The average molecular weight is 394 g/mol. The highest BCUT2D eigenvalue weighted by Gasteiger charge is 2.53. The number of hydrogen-bond donors (Lipinski definition) is 2. The number of amides is 1. The van der Waals surface area contributed by atoms with E-state index in [1.54, 1.807) is 7.11 Å². The van der Waals surface area contributed by atoms with Gasteiger partial charge in [-0.3, -0.25) is 4.79 Å². The molecule has 5 nitrogen and oxygen atoms in total. The van der Waals surface area contributed by atoms with E-state index in [-0.39, 0.29) is 23.3 Å². The first-order valence-corrected chi connectivity index (χ1v) is 8.99. The first-order valence-electron chi connectivity index (χ1n) is 8.19. The molecule has 1 aromatic carbocycles. The summed E-state index contributed by atoms with van der Waals surface area (Å²) < 4.78 is 12.7. The number of aliphatic hydroxyl groups excluding tert-OH is 1. The molecule has 4 rings (SSSR count). The van der Waals surface area contributed by atoms with Gasteiger partial charge < -0.3 is 20.3 Å². The monoisotopic (exact) mass is 393 g/mol. The van der Waals surface area contributed by atoms with E-state index < -0.39 is 6.10 Å². The van der Waals surface area contributed by atoms with Crippen molar-refractivity contribution in [2.24, 2.45) is 11.7 Å². The van der Waals surface area contributed by atoms with Gasteiger partial charge in [0.1, 0.15) is 6.10 Å². The second kappa shape index (κ2) is 5.49. The van der Waals surface area contributed by atoms with E-state index in [1.807, 2.05) is 12.1 Å². The summed E-state index contributed by atoms with van der Waals surface area (Å²) in [6.45, 7) is 0. The molecule has 1 amide bonds. The molecule has 2 aliphatic carbocycles. The lowest BCUT2D eigenvalue weighted by Gasteiger charge is -2.35. The number of halogens is 1. The smallest absolute Gasteiger partial charge is 0.220 e. The van der Waals surface area contributed by atoms with Gasteiger partial charge in [-0.1, -0.05) is 28.1 Å². The molecule has 3 N–H and O–H groups in total. The molecule has 0 bridgehead atoms. The van der Waals surface area contributed by atoms with E-state index in [2.05, 4.69) is 22.0 Å². The van der Waals surface area contributed by atoms with Crippen LogP contribution in [0.25, 0.3) is 0 Å². The molecule has 0 unspecified atom stereocenters. The fourth-order valence-corrected chi connectivity index (χ4v) is 4.99. The van der Waals surface area contributed by atoms with Crippen LogP contribution in [0.1, 0.15) is 30.4 Å². The number of ether oxygens (including phenoxy) is 2. The van der Waals surface area contributed by atoms with Gasteiger partial charge in [-0.25, -0.2) is 0 Å². The number of nitrogens with two attached hydrogens (primary N) is 1. The van der Waals surface area contributed by atoms with Crippen LogP contribution in [-0.4, -0.2) is 30.3 Å². The molecule has 6 heteroatoms. The van der Waals surface area contributed by atoms with Gasteiger partial charge in [0, 0.05) is 22.4 Å². The van der Waals surface area contributed by atoms with Gasteiger partial charge >= 0.3 is 0 Å². The number of benzene rings is 1. The Kier molecular flexibility index (Phi) is 3.65. The third-order valence-electron chi connectivity index (χ3n) is 5.65. The molecule has 1 spiro atoms. The summed E-state index contributed by atoms with van der Waals surface area (Å²) in [6, 6.07) is 1.89. The predicted molar refractivity (Wildman–Crippen MR) is 92.2 cm³/mol. The van der Waals surface area contributed by atoms with E-state index >= 15 is 0 Å². The first-order chi connectivity index (χ1) is 11.5. The topological polar surface area (TPSA) is 81.8 Å². The summed E-state index contributed by atoms with van der Waals surface area (Å²) >= 11 is 3.64. The number of primary amides is 1. The SMILES string of the molecule is COc1cc(Br)c2c3c1O[C@@H]1C[C@H](O)C=C[C@]31CC[C@@H](C(N)=O)C2. The summed E-state index contributed by atoms with van der Waals surface area (Å²) in [5.74, 6) is 0.958. The van der Waals surface area contributed by atoms with Crippen LogP contribution in [0.3, 0.4) is 0 Å². The van der Waals surface area contributed by atoms with Crippen molar-refractivity contribution in [2.75, 3.05) is 7.11 Å². The van der Waals surface area contributed by atoms with Crippen molar-refractivity contribution < 1.29 is 19.4 Å². The van der Waals surface area contributed by atoms with E-state index in [9.17, 15) is 9.90 Å². The van der Waals surface area contributed by atoms with Crippen molar-refractivity contribution in [3.8, 4) is 11.5 Å². The fourth-order valence-electron chi connectivity index (χ4n) is 4.42. The fraction of sp³-hybridized carbons (Fsp3) is 0.500. The van der Waals surface area contributed by atoms with Crippen LogP contribution in [0.15, 0.2) is 22.7 Å². The zero-order chi connectivity index (χ0) is 17.1. The zero-order valence-electron chi connectivity index (χ0n) is 13.4. The Labute approximate surface area is 148 Å². The maximum atomic E-state index is 11.9. The van der Waals surface area contributed by atoms with E-state index in [0.717, 1.165) is 27.8 Å². The maximum absolute atomic E-state index is 11.9. The summed E-state index contributed by atoms with van der Waals surface area (Å²) in [4.78, 5) is 11.9. The quantitative estimate of drug-likeness (QED) is 0.754.